The Morgan fingerprint density at radius 3 is 2.67 bits per heavy atom. The number of urea groups is 1. The molecule has 0 aliphatic carbocycles. The highest BCUT2D eigenvalue weighted by Gasteiger charge is 2.36. The lowest BCUT2D eigenvalue weighted by Gasteiger charge is -2.37. The largest absolute Gasteiger partial charge is 0.480 e. The van der Waals surface area contributed by atoms with Gasteiger partial charge in [0.2, 0.25) is 0 Å². The standard InChI is InChI=1S/C16H18N2O3/c1-3-9-17(4-2)16(21)18-11-13-8-6-5-7-12(13)10-14(18)15(19)20/h1,5-8,14H,4,9-11H2,2H3,(H,19,20)/t14-/m0/s1. The molecule has 110 valence electrons. The molecule has 0 spiro atoms. The van der Waals surface area contributed by atoms with E-state index in [4.69, 9.17) is 6.42 Å². The molecule has 0 unspecified atom stereocenters. The topological polar surface area (TPSA) is 60.9 Å². The van der Waals surface area contributed by atoms with E-state index in [-0.39, 0.29) is 12.6 Å². The van der Waals surface area contributed by atoms with Crippen LogP contribution in [0, 0.1) is 12.3 Å². The molecule has 1 aliphatic heterocycles. The summed E-state index contributed by atoms with van der Waals surface area (Å²) in [6.45, 7) is 2.75. The van der Waals surface area contributed by atoms with E-state index in [2.05, 4.69) is 5.92 Å². The summed E-state index contributed by atoms with van der Waals surface area (Å²) in [5.74, 6) is 1.44. The minimum absolute atomic E-state index is 0.180. The van der Waals surface area contributed by atoms with Crippen LogP contribution < -0.4 is 0 Å². The lowest BCUT2D eigenvalue weighted by molar-refractivity contribution is -0.142. The molecule has 1 aromatic carbocycles. The van der Waals surface area contributed by atoms with Gasteiger partial charge in [-0.2, -0.15) is 0 Å². The van der Waals surface area contributed by atoms with Gasteiger partial charge in [0, 0.05) is 19.5 Å². The number of amides is 2. The van der Waals surface area contributed by atoms with Crippen LogP contribution in [0.15, 0.2) is 24.3 Å². The lowest BCUT2D eigenvalue weighted by atomic mass is 9.94. The summed E-state index contributed by atoms with van der Waals surface area (Å²) in [4.78, 5) is 26.9. The summed E-state index contributed by atoms with van der Waals surface area (Å²) in [5.41, 5.74) is 1.97. The summed E-state index contributed by atoms with van der Waals surface area (Å²) < 4.78 is 0. The second kappa shape index (κ2) is 6.31. The number of carboxylic acids is 1. The molecule has 0 saturated heterocycles. The minimum Gasteiger partial charge on any atom is -0.480 e. The van der Waals surface area contributed by atoms with Gasteiger partial charge in [0.15, 0.2) is 0 Å². The van der Waals surface area contributed by atoms with Crippen molar-refractivity contribution in [3.63, 3.8) is 0 Å². The van der Waals surface area contributed by atoms with Gasteiger partial charge in [-0.15, -0.1) is 6.42 Å². The highest BCUT2D eigenvalue weighted by molar-refractivity contribution is 5.83. The number of rotatable bonds is 3. The summed E-state index contributed by atoms with van der Waals surface area (Å²) in [7, 11) is 0. The zero-order valence-electron chi connectivity index (χ0n) is 12.0. The molecule has 1 aliphatic rings. The smallest absolute Gasteiger partial charge is 0.326 e. The highest BCUT2D eigenvalue weighted by Crippen LogP contribution is 2.24. The Bertz CT molecular complexity index is 591. The maximum atomic E-state index is 12.5. The molecule has 0 fully saturated rings. The minimum atomic E-state index is -0.991. The first-order chi connectivity index (χ1) is 10.1. The van der Waals surface area contributed by atoms with Gasteiger partial charge < -0.3 is 14.9 Å². The molecule has 1 N–H and O–H groups in total. The average molecular weight is 286 g/mol. The van der Waals surface area contributed by atoms with Crippen LogP contribution in [0.4, 0.5) is 4.79 Å². The number of nitrogens with zero attached hydrogens (tertiary/aromatic N) is 2. The van der Waals surface area contributed by atoms with E-state index in [1.54, 1.807) is 0 Å². The molecule has 1 atom stereocenters. The molecule has 2 amide bonds. The third-order valence-electron chi connectivity index (χ3n) is 3.71. The molecule has 1 aromatic rings. The molecule has 0 radical (unpaired) electrons. The third kappa shape index (κ3) is 3.00. The summed E-state index contributed by atoms with van der Waals surface area (Å²) in [5, 5.41) is 9.41. The van der Waals surface area contributed by atoms with Crippen molar-refractivity contribution in [2.45, 2.75) is 25.9 Å². The van der Waals surface area contributed by atoms with Crippen molar-refractivity contribution >= 4 is 12.0 Å². The molecule has 0 saturated carbocycles. The molecule has 2 rings (SSSR count). The van der Waals surface area contributed by atoms with E-state index in [0.29, 0.717) is 19.5 Å². The lowest BCUT2D eigenvalue weighted by Crippen LogP contribution is -2.53. The van der Waals surface area contributed by atoms with E-state index >= 15 is 0 Å². The third-order valence-corrected chi connectivity index (χ3v) is 3.71. The molecule has 0 aromatic heterocycles. The van der Waals surface area contributed by atoms with Crippen molar-refractivity contribution in [2.24, 2.45) is 0 Å². The first-order valence-corrected chi connectivity index (χ1v) is 6.87. The van der Waals surface area contributed by atoms with Crippen LogP contribution in [-0.4, -0.2) is 46.0 Å². The zero-order valence-corrected chi connectivity index (χ0v) is 12.0. The van der Waals surface area contributed by atoms with Crippen LogP contribution in [0.25, 0.3) is 0 Å². The highest BCUT2D eigenvalue weighted by atomic mass is 16.4. The van der Waals surface area contributed by atoms with Gasteiger partial charge in [0.05, 0.1) is 6.54 Å². The van der Waals surface area contributed by atoms with Crippen molar-refractivity contribution in [1.29, 1.82) is 0 Å². The number of fused-ring (bicyclic) bond motifs is 1. The predicted octanol–water partition coefficient (Wildman–Crippen LogP) is 1.57. The van der Waals surface area contributed by atoms with Crippen LogP contribution in [-0.2, 0) is 17.8 Å². The molecule has 1 heterocycles. The Labute approximate surface area is 124 Å². The van der Waals surface area contributed by atoms with Gasteiger partial charge in [0.1, 0.15) is 6.04 Å². The van der Waals surface area contributed by atoms with E-state index in [1.807, 2.05) is 31.2 Å². The number of terminal acetylenes is 1. The summed E-state index contributed by atoms with van der Waals surface area (Å²) >= 11 is 0. The summed E-state index contributed by atoms with van der Waals surface area (Å²) in [6, 6.07) is 6.43. The van der Waals surface area contributed by atoms with Gasteiger partial charge in [-0.3, -0.25) is 0 Å². The van der Waals surface area contributed by atoms with Crippen molar-refractivity contribution in [3.8, 4) is 12.3 Å². The van der Waals surface area contributed by atoms with E-state index in [1.165, 1.54) is 9.80 Å². The number of aliphatic carboxylic acids is 1. The molecule has 5 nitrogen and oxygen atoms in total. The second-order valence-electron chi connectivity index (χ2n) is 4.96. The predicted molar refractivity (Wildman–Crippen MR) is 78.6 cm³/mol. The maximum absolute atomic E-state index is 12.5. The quantitative estimate of drug-likeness (QED) is 0.858. The SMILES string of the molecule is C#CCN(CC)C(=O)N1Cc2ccccc2C[C@H]1C(=O)O. The van der Waals surface area contributed by atoms with Gasteiger partial charge in [-0.25, -0.2) is 9.59 Å². The van der Waals surface area contributed by atoms with Crippen molar-refractivity contribution < 1.29 is 14.7 Å². The van der Waals surface area contributed by atoms with E-state index in [9.17, 15) is 14.7 Å². The van der Waals surface area contributed by atoms with Gasteiger partial charge in [0.25, 0.3) is 0 Å². The van der Waals surface area contributed by atoms with Crippen molar-refractivity contribution in [2.75, 3.05) is 13.1 Å². The number of carbonyl (C=O) groups is 2. The number of hydrogen-bond acceptors (Lipinski definition) is 2. The molecular weight excluding hydrogens is 268 g/mol. The molecule has 0 bridgehead atoms. The van der Waals surface area contributed by atoms with Crippen LogP contribution in [0.2, 0.25) is 0 Å². The Hall–Kier alpha value is -2.48. The fourth-order valence-electron chi connectivity index (χ4n) is 2.55. The van der Waals surface area contributed by atoms with Gasteiger partial charge in [-0.1, -0.05) is 30.2 Å². The molecular formula is C16H18N2O3. The van der Waals surface area contributed by atoms with Crippen molar-refractivity contribution in [3.05, 3.63) is 35.4 Å². The van der Waals surface area contributed by atoms with Crippen LogP contribution in [0.3, 0.4) is 0 Å². The average Bonchev–Trinajstić information content (AvgIpc) is 2.50. The first kappa shape index (κ1) is 14.9. The Morgan fingerprint density at radius 1 is 1.43 bits per heavy atom. The van der Waals surface area contributed by atoms with Gasteiger partial charge in [-0.05, 0) is 18.1 Å². The number of benzene rings is 1. The van der Waals surface area contributed by atoms with Gasteiger partial charge >= 0.3 is 12.0 Å². The normalized spacial score (nSPS) is 16.8. The second-order valence-corrected chi connectivity index (χ2v) is 4.96. The fraction of sp³-hybridized carbons (Fsp3) is 0.375. The monoisotopic (exact) mass is 286 g/mol. The summed E-state index contributed by atoms with van der Waals surface area (Å²) in [6.07, 6.45) is 5.59. The van der Waals surface area contributed by atoms with Crippen molar-refractivity contribution in [1.82, 2.24) is 9.80 Å². The Balaban J connectivity index is 2.30. The fourth-order valence-corrected chi connectivity index (χ4v) is 2.55. The number of carbonyl (C=O) groups excluding carboxylic acids is 1. The maximum Gasteiger partial charge on any atom is 0.326 e. The van der Waals surface area contributed by atoms with Crippen LogP contribution >= 0.6 is 0 Å². The van der Waals surface area contributed by atoms with E-state index in [0.717, 1.165) is 11.1 Å². The zero-order chi connectivity index (χ0) is 15.4. The van der Waals surface area contributed by atoms with Crippen LogP contribution in [0.1, 0.15) is 18.1 Å². The Morgan fingerprint density at radius 2 is 2.10 bits per heavy atom. The van der Waals surface area contributed by atoms with Crippen LogP contribution in [0.5, 0.6) is 0 Å². The first-order valence-electron chi connectivity index (χ1n) is 6.87. The molecule has 21 heavy (non-hydrogen) atoms. The number of carboxylic acid groups (broad SMARTS) is 1. The van der Waals surface area contributed by atoms with E-state index < -0.39 is 12.0 Å². The molecule has 5 heteroatoms. The Kier molecular flexibility index (Phi) is 4.49. The number of hydrogen-bond donors (Lipinski definition) is 1.